The fourth-order valence-corrected chi connectivity index (χ4v) is 4.54. The summed E-state index contributed by atoms with van der Waals surface area (Å²) in [6.07, 6.45) is 17.6. The van der Waals surface area contributed by atoms with Crippen LogP contribution in [-0.4, -0.2) is 9.97 Å². The molecule has 43 heavy (non-hydrogen) atoms. The van der Waals surface area contributed by atoms with Gasteiger partial charge in [-0.05, 0) is 110 Å². The van der Waals surface area contributed by atoms with Crippen molar-refractivity contribution in [3.05, 3.63) is 130 Å². The van der Waals surface area contributed by atoms with Gasteiger partial charge in [-0.25, -0.2) is 9.97 Å². The molecule has 0 aliphatic carbocycles. The molecule has 2 aromatic carbocycles. The van der Waals surface area contributed by atoms with Crippen molar-refractivity contribution in [1.82, 2.24) is 9.97 Å². The molecule has 0 radical (unpaired) electrons. The molecule has 222 valence electrons. The molecular formula is C41H48N2. The van der Waals surface area contributed by atoms with Gasteiger partial charge in [0.2, 0.25) is 0 Å². The van der Waals surface area contributed by atoms with Crippen LogP contribution in [0.15, 0.2) is 85.2 Å². The molecular weight excluding hydrogens is 520 g/mol. The summed E-state index contributed by atoms with van der Waals surface area (Å²) in [6, 6.07) is 25.3. The predicted octanol–water partition coefficient (Wildman–Crippen LogP) is 10.1. The van der Waals surface area contributed by atoms with E-state index in [1.807, 2.05) is 37.5 Å². The third-order valence-corrected chi connectivity index (χ3v) is 7.36. The number of rotatable bonds is 11. The van der Waals surface area contributed by atoms with Crippen LogP contribution in [0.25, 0.3) is 0 Å². The van der Waals surface area contributed by atoms with Gasteiger partial charge in [0, 0.05) is 23.5 Å². The SMILES string of the molecule is CCCCCCc1ccc(C#Cc2ccc(C)cn2)cc1.CCCCCCc1ccc(C#Cc2ccc(CC)cn2)cc1. The normalized spacial score (nSPS) is 10.0. The summed E-state index contributed by atoms with van der Waals surface area (Å²) in [6.45, 7) is 8.66. The lowest BCUT2D eigenvalue weighted by Crippen LogP contribution is -1.87. The Bertz CT molecular complexity index is 1440. The Morgan fingerprint density at radius 1 is 0.465 bits per heavy atom. The zero-order valence-electron chi connectivity index (χ0n) is 26.8. The van der Waals surface area contributed by atoms with Crippen LogP contribution in [0.4, 0.5) is 0 Å². The second-order valence-corrected chi connectivity index (χ2v) is 11.1. The monoisotopic (exact) mass is 568 g/mol. The molecule has 0 N–H and O–H groups in total. The van der Waals surface area contributed by atoms with Crippen LogP contribution >= 0.6 is 0 Å². The number of hydrogen-bond donors (Lipinski definition) is 0. The van der Waals surface area contributed by atoms with Crippen LogP contribution in [0.5, 0.6) is 0 Å². The van der Waals surface area contributed by atoms with Crippen LogP contribution in [0.2, 0.25) is 0 Å². The molecule has 2 heteroatoms. The maximum absolute atomic E-state index is 4.37. The Morgan fingerprint density at radius 3 is 1.33 bits per heavy atom. The molecule has 0 bridgehead atoms. The number of nitrogens with zero attached hydrogens (tertiary/aromatic N) is 2. The van der Waals surface area contributed by atoms with Crippen molar-refractivity contribution in [1.29, 1.82) is 0 Å². The third kappa shape index (κ3) is 13.6. The summed E-state index contributed by atoms with van der Waals surface area (Å²) in [4.78, 5) is 8.66. The van der Waals surface area contributed by atoms with E-state index in [9.17, 15) is 0 Å². The average Bonchev–Trinajstić information content (AvgIpc) is 3.05. The van der Waals surface area contributed by atoms with E-state index in [1.165, 1.54) is 80.9 Å². The fraction of sp³-hybridized carbons (Fsp3) is 0.366. The van der Waals surface area contributed by atoms with E-state index in [0.29, 0.717) is 0 Å². The van der Waals surface area contributed by atoms with Crippen molar-refractivity contribution in [2.75, 3.05) is 0 Å². The standard InChI is InChI=1S/C21H25N.C20H23N/c1-3-5-6-7-8-19-9-11-20(12-10-19)14-16-21-15-13-18(4-2)17-22-21;1-3-4-5-6-7-18-9-11-19(12-10-18)13-15-20-14-8-17(2)16-21-20/h9-13,15,17H,3-8H2,1-2H3;8-12,14,16H,3-7H2,1-2H3. The third-order valence-electron chi connectivity index (χ3n) is 7.36. The molecule has 2 nitrogen and oxygen atoms in total. The van der Waals surface area contributed by atoms with Gasteiger partial charge < -0.3 is 0 Å². The lowest BCUT2D eigenvalue weighted by atomic mass is 10.0. The maximum Gasteiger partial charge on any atom is 0.113 e. The van der Waals surface area contributed by atoms with Crippen molar-refractivity contribution < 1.29 is 0 Å². The highest BCUT2D eigenvalue weighted by molar-refractivity contribution is 5.42. The van der Waals surface area contributed by atoms with Crippen LogP contribution in [0.3, 0.4) is 0 Å². The Hall–Kier alpha value is -4.14. The van der Waals surface area contributed by atoms with E-state index in [1.54, 1.807) is 0 Å². The first kappa shape index (κ1) is 33.4. The number of benzene rings is 2. The minimum atomic E-state index is 0.823. The summed E-state index contributed by atoms with van der Waals surface area (Å²) < 4.78 is 0. The minimum absolute atomic E-state index is 0.823. The molecule has 0 spiro atoms. The summed E-state index contributed by atoms with van der Waals surface area (Å²) in [5.74, 6) is 12.6. The van der Waals surface area contributed by atoms with Crippen LogP contribution < -0.4 is 0 Å². The van der Waals surface area contributed by atoms with Gasteiger partial charge >= 0.3 is 0 Å². The predicted molar refractivity (Wildman–Crippen MR) is 183 cm³/mol. The lowest BCUT2D eigenvalue weighted by Gasteiger charge is -2.01. The van der Waals surface area contributed by atoms with Gasteiger partial charge in [0.1, 0.15) is 11.4 Å². The van der Waals surface area contributed by atoms with E-state index in [4.69, 9.17) is 0 Å². The van der Waals surface area contributed by atoms with Crippen molar-refractivity contribution in [2.45, 2.75) is 98.3 Å². The molecule has 4 aromatic rings. The van der Waals surface area contributed by atoms with Crippen LogP contribution in [0, 0.1) is 30.6 Å². The highest BCUT2D eigenvalue weighted by Crippen LogP contribution is 2.11. The first-order chi connectivity index (χ1) is 21.1. The summed E-state index contributed by atoms with van der Waals surface area (Å²) in [5, 5.41) is 0. The van der Waals surface area contributed by atoms with Gasteiger partial charge in [0.15, 0.2) is 0 Å². The highest BCUT2D eigenvalue weighted by atomic mass is 14.7. The van der Waals surface area contributed by atoms with Crippen molar-refractivity contribution in [2.24, 2.45) is 0 Å². The first-order valence-corrected chi connectivity index (χ1v) is 16.2. The number of aromatic nitrogens is 2. The molecule has 0 saturated heterocycles. The van der Waals surface area contributed by atoms with Crippen molar-refractivity contribution >= 4 is 0 Å². The minimum Gasteiger partial charge on any atom is -0.248 e. The van der Waals surface area contributed by atoms with Gasteiger partial charge in [0.25, 0.3) is 0 Å². The van der Waals surface area contributed by atoms with E-state index in [0.717, 1.165) is 34.5 Å². The van der Waals surface area contributed by atoms with Crippen molar-refractivity contribution in [3.63, 3.8) is 0 Å². The van der Waals surface area contributed by atoms with E-state index >= 15 is 0 Å². The van der Waals surface area contributed by atoms with Crippen LogP contribution in [0.1, 0.15) is 117 Å². The summed E-state index contributed by atoms with van der Waals surface area (Å²) in [7, 11) is 0. The summed E-state index contributed by atoms with van der Waals surface area (Å²) >= 11 is 0. The molecule has 0 amide bonds. The second-order valence-electron chi connectivity index (χ2n) is 11.1. The fourth-order valence-electron chi connectivity index (χ4n) is 4.54. The Morgan fingerprint density at radius 2 is 0.930 bits per heavy atom. The molecule has 4 rings (SSSR count). The highest BCUT2D eigenvalue weighted by Gasteiger charge is 1.96. The van der Waals surface area contributed by atoms with E-state index in [2.05, 4.69) is 109 Å². The first-order valence-electron chi connectivity index (χ1n) is 16.2. The number of hydrogen-bond acceptors (Lipinski definition) is 2. The molecule has 0 saturated carbocycles. The topological polar surface area (TPSA) is 25.8 Å². The van der Waals surface area contributed by atoms with Gasteiger partial charge in [-0.15, -0.1) is 0 Å². The smallest absolute Gasteiger partial charge is 0.113 e. The molecule has 0 aliphatic rings. The molecule has 2 heterocycles. The van der Waals surface area contributed by atoms with Crippen LogP contribution in [-0.2, 0) is 19.3 Å². The quantitative estimate of drug-likeness (QED) is 0.133. The Kier molecular flexibility index (Phi) is 15.4. The van der Waals surface area contributed by atoms with E-state index in [-0.39, 0.29) is 0 Å². The van der Waals surface area contributed by atoms with Gasteiger partial charge in [-0.1, -0.05) is 108 Å². The second kappa shape index (κ2) is 19.9. The molecule has 0 aliphatic heterocycles. The van der Waals surface area contributed by atoms with Gasteiger partial charge in [0.05, 0.1) is 0 Å². The van der Waals surface area contributed by atoms with Gasteiger partial charge in [-0.2, -0.15) is 0 Å². The number of unbranched alkanes of at least 4 members (excludes halogenated alkanes) is 6. The Balaban J connectivity index is 0.000000236. The Labute approximate surface area is 261 Å². The molecule has 0 atom stereocenters. The average molecular weight is 569 g/mol. The van der Waals surface area contributed by atoms with Crippen molar-refractivity contribution in [3.8, 4) is 23.7 Å². The number of pyridine rings is 2. The zero-order valence-corrected chi connectivity index (χ0v) is 26.8. The van der Waals surface area contributed by atoms with E-state index < -0.39 is 0 Å². The molecule has 2 aromatic heterocycles. The number of aryl methyl sites for hydroxylation is 4. The van der Waals surface area contributed by atoms with Gasteiger partial charge in [-0.3, -0.25) is 0 Å². The molecule has 0 fully saturated rings. The maximum atomic E-state index is 4.37. The molecule has 0 unspecified atom stereocenters. The largest absolute Gasteiger partial charge is 0.248 e. The summed E-state index contributed by atoms with van der Waals surface area (Å²) in [5.41, 5.74) is 8.99. The zero-order chi connectivity index (χ0) is 30.5. The lowest BCUT2D eigenvalue weighted by molar-refractivity contribution is 0.667.